The summed E-state index contributed by atoms with van der Waals surface area (Å²) in [6.45, 7) is 3.29. The summed E-state index contributed by atoms with van der Waals surface area (Å²) >= 11 is 0. The highest BCUT2D eigenvalue weighted by molar-refractivity contribution is 6.02. The van der Waals surface area contributed by atoms with Crippen LogP contribution in [-0.2, 0) is 4.74 Å². The topological polar surface area (TPSA) is 92.5 Å². The Balaban J connectivity index is 1.56. The van der Waals surface area contributed by atoms with Crippen molar-refractivity contribution in [2.45, 2.75) is 76.2 Å². The fourth-order valence-corrected chi connectivity index (χ4v) is 5.09. The van der Waals surface area contributed by atoms with E-state index in [-0.39, 0.29) is 12.0 Å². The lowest BCUT2D eigenvalue weighted by Crippen LogP contribution is -2.56. The summed E-state index contributed by atoms with van der Waals surface area (Å²) in [6, 6.07) is 10.7. The molecule has 7 nitrogen and oxygen atoms in total. The number of nitrogens with one attached hydrogen (secondary N) is 2. The van der Waals surface area contributed by atoms with Gasteiger partial charge in [0, 0.05) is 37.7 Å². The van der Waals surface area contributed by atoms with Crippen molar-refractivity contribution in [2.24, 2.45) is 5.73 Å². The third-order valence-corrected chi connectivity index (χ3v) is 6.77. The highest BCUT2D eigenvalue weighted by Crippen LogP contribution is 2.28. The second kappa shape index (κ2) is 10.6. The molecule has 4 N–H and O–H groups in total. The van der Waals surface area contributed by atoms with Crippen molar-refractivity contribution >= 4 is 22.6 Å². The Morgan fingerprint density at radius 3 is 2.66 bits per heavy atom. The normalized spacial score (nSPS) is 23.7. The Labute approximate surface area is 191 Å². The van der Waals surface area contributed by atoms with Gasteiger partial charge in [-0.05, 0) is 38.3 Å². The molecule has 2 fully saturated rings. The SMILES string of the molecule is COC1CN(c2nc3ccccc3cc2C(=O)NC(C)N)CCC1NC1CCCCCC1. The van der Waals surface area contributed by atoms with Gasteiger partial charge >= 0.3 is 0 Å². The molecule has 1 aliphatic heterocycles. The van der Waals surface area contributed by atoms with Crippen LogP contribution in [0.1, 0.15) is 62.2 Å². The number of pyridine rings is 1. The van der Waals surface area contributed by atoms with E-state index in [1.165, 1.54) is 38.5 Å². The number of rotatable bonds is 6. The number of fused-ring (bicyclic) bond motifs is 1. The molecular weight excluding hydrogens is 402 g/mol. The van der Waals surface area contributed by atoms with Gasteiger partial charge in [-0.1, -0.05) is 43.9 Å². The molecule has 0 radical (unpaired) electrons. The summed E-state index contributed by atoms with van der Waals surface area (Å²) in [5.74, 6) is 0.512. The van der Waals surface area contributed by atoms with Crippen molar-refractivity contribution in [3.05, 3.63) is 35.9 Å². The zero-order valence-electron chi connectivity index (χ0n) is 19.3. The fourth-order valence-electron chi connectivity index (χ4n) is 5.09. The molecule has 1 amide bonds. The first-order valence-electron chi connectivity index (χ1n) is 12.0. The molecule has 174 valence electrons. The fraction of sp³-hybridized carbons (Fsp3) is 0.600. The molecule has 1 aromatic carbocycles. The van der Waals surface area contributed by atoms with Crippen LogP contribution in [0.3, 0.4) is 0 Å². The molecular formula is C25H37N5O2. The van der Waals surface area contributed by atoms with E-state index in [9.17, 15) is 4.79 Å². The molecule has 32 heavy (non-hydrogen) atoms. The van der Waals surface area contributed by atoms with Crippen molar-refractivity contribution < 1.29 is 9.53 Å². The van der Waals surface area contributed by atoms with Gasteiger partial charge in [-0.15, -0.1) is 0 Å². The van der Waals surface area contributed by atoms with Crippen LogP contribution in [0, 0.1) is 0 Å². The maximum atomic E-state index is 13.0. The second-order valence-corrected chi connectivity index (χ2v) is 9.28. The smallest absolute Gasteiger partial charge is 0.256 e. The minimum Gasteiger partial charge on any atom is -0.378 e. The molecule has 2 heterocycles. The van der Waals surface area contributed by atoms with Gasteiger partial charge in [0.1, 0.15) is 5.82 Å². The standard InChI is InChI=1S/C25H37N5O2/c1-17(26)27-25(31)20-15-18-9-7-8-12-21(18)29-24(20)30-14-13-22(23(16-30)32-2)28-19-10-5-3-4-6-11-19/h7-9,12,15,17,19,22-23,28H,3-6,10-11,13-14,16,26H2,1-2H3,(H,27,31). The van der Waals surface area contributed by atoms with E-state index in [0.29, 0.717) is 30.0 Å². The summed E-state index contributed by atoms with van der Waals surface area (Å²) in [5, 5.41) is 7.67. The largest absolute Gasteiger partial charge is 0.378 e. The van der Waals surface area contributed by atoms with Crippen molar-refractivity contribution in [1.29, 1.82) is 0 Å². The van der Waals surface area contributed by atoms with Gasteiger partial charge in [0.15, 0.2) is 0 Å². The summed E-state index contributed by atoms with van der Waals surface area (Å²) in [4.78, 5) is 20.1. The van der Waals surface area contributed by atoms with E-state index < -0.39 is 6.17 Å². The number of amides is 1. The van der Waals surface area contributed by atoms with Crippen LogP contribution in [0.5, 0.6) is 0 Å². The monoisotopic (exact) mass is 439 g/mol. The van der Waals surface area contributed by atoms with Crippen LogP contribution in [0.15, 0.2) is 30.3 Å². The molecule has 0 bridgehead atoms. The van der Waals surface area contributed by atoms with Crippen LogP contribution in [-0.4, -0.2) is 55.4 Å². The third kappa shape index (κ3) is 5.39. The minimum absolute atomic E-state index is 0.0459. The second-order valence-electron chi connectivity index (χ2n) is 9.28. The van der Waals surface area contributed by atoms with E-state index in [1.807, 2.05) is 30.3 Å². The maximum Gasteiger partial charge on any atom is 0.256 e. The van der Waals surface area contributed by atoms with Gasteiger partial charge < -0.3 is 26.0 Å². The lowest BCUT2D eigenvalue weighted by atomic mass is 9.98. The molecule has 7 heteroatoms. The molecule has 1 aromatic heterocycles. The zero-order valence-corrected chi connectivity index (χ0v) is 19.3. The van der Waals surface area contributed by atoms with Gasteiger partial charge in [-0.2, -0.15) is 0 Å². The maximum absolute atomic E-state index is 13.0. The molecule has 1 saturated heterocycles. The summed E-state index contributed by atoms with van der Waals surface area (Å²) in [6.07, 6.45) is 8.41. The molecule has 3 unspecified atom stereocenters. The molecule has 4 rings (SSSR count). The number of benzene rings is 1. The molecule has 1 saturated carbocycles. The predicted octanol–water partition coefficient (Wildman–Crippen LogP) is 3.18. The van der Waals surface area contributed by atoms with Crippen molar-refractivity contribution in [1.82, 2.24) is 15.6 Å². The van der Waals surface area contributed by atoms with Gasteiger partial charge in [0.05, 0.1) is 23.3 Å². The zero-order chi connectivity index (χ0) is 22.5. The highest BCUT2D eigenvalue weighted by atomic mass is 16.5. The van der Waals surface area contributed by atoms with Gasteiger partial charge in [-0.25, -0.2) is 4.98 Å². The third-order valence-electron chi connectivity index (χ3n) is 6.77. The first kappa shape index (κ1) is 23.0. The number of carbonyl (C=O) groups is 1. The Kier molecular flexibility index (Phi) is 7.60. The van der Waals surface area contributed by atoms with Crippen LogP contribution in [0.4, 0.5) is 5.82 Å². The lowest BCUT2D eigenvalue weighted by molar-refractivity contribution is 0.0546. The van der Waals surface area contributed by atoms with E-state index in [2.05, 4.69) is 15.5 Å². The van der Waals surface area contributed by atoms with Crippen molar-refractivity contribution in [3.8, 4) is 0 Å². The lowest BCUT2D eigenvalue weighted by Gasteiger charge is -2.40. The number of aromatic nitrogens is 1. The van der Waals surface area contributed by atoms with Crippen LogP contribution < -0.4 is 21.3 Å². The van der Waals surface area contributed by atoms with Crippen LogP contribution in [0.25, 0.3) is 10.9 Å². The Morgan fingerprint density at radius 2 is 1.94 bits per heavy atom. The highest BCUT2D eigenvalue weighted by Gasteiger charge is 2.33. The summed E-state index contributed by atoms with van der Waals surface area (Å²) < 4.78 is 5.93. The Morgan fingerprint density at radius 1 is 1.19 bits per heavy atom. The molecule has 0 spiro atoms. The number of piperidine rings is 1. The number of nitrogens with two attached hydrogens (primary N) is 1. The molecule has 2 aliphatic rings. The molecule has 3 atom stereocenters. The Hall–Kier alpha value is -2.22. The number of nitrogens with zero attached hydrogens (tertiary/aromatic N) is 2. The quantitative estimate of drug-likeness (QED) is 0.473. The number of hydrogen-bond acceptors (Lipinski definition) is 6. The van der Waals surface area contributed by atoms with Gasteiger partial charge in [-0.3, -0.25) is 4.79 Å². The molecule has 2 aromatic rings. The number of para-hydroxylation sites is 1. The van der Waals surface area contributed by atoms with E-state index in [1.54, 1.807) is 14.0 Å². The number of methoxy groups -OCH3 is 1. The Bertz CT molecular complexity index is 910. The number of anilines is 1. The van der Waals surface area contributed by atoms with Crippen LogP contribution >= 0.6 is 0 Å². The number of hydrogen-bond donors (Lipinski definition) is 3. The first-order chi connectivity index (χ1) is 15.5. The minimum atomic E-state index is -0.428. The van der Waals surface area contributed by atoms with Gasteiger partial charge in [0.25, 0.3) is 5.91 Å². The van der Waals surface area contributed by atoms with Gasteiger partial charge in [0.2, 0.25) is 0 Å². The number of carbonyl (C=O) groups excluding carboxylic acids is 1. The van der Waals surface area contributed by atoms with Crippen molar-refractivity contribution in [3.63, 3.8) is 0 Å². The van der Waals surface area contributed by atoms with Crippen LogP contribution in [0.2, 0.25) is 0 Å². The summed E-state index contributed by atoms with van der Waals surface area (Å²) in [7, 11) is 1.79. The average Bonchev–Trinajstić information content (AvgIpc) is 3.06. The van der Waals surface area contributed by atoms with E-state index in [0.717, 1.165) is 23.9 Å². The van der Waals surface area contributed by atoms with E-state index >= 15 is 0 Å². The number of ether oxygens (including phenoxy) is 1. The molecule has 1 aliphatic carbocycles. The van der Waals surface area contributed by atoms with Crippen molar-refractivity contribution in [2.75, 3.05) is 25.1 Å². The average molecular weight is 440 g/mol. The predicted molar refractivity (Wildman–Crippen MR) is 129 cm³/mol. The summed E-state index contributed by atoms with van der Waals surface area (Å²) in [5.41, 5.74) is 7.28. The first-order valence-corrected chi connectivity index (χ1v) is 12.0. The van der Waals surface area contributed by atoms with E-state index in [4.69, 9.17) is 15.5 Å².